The molecule has 1 atom stereocenters. The number of imidazole rings is 1. The number of fused-ring (bicyclic) bond motifs is 2. The van der Waals surface area contributed by atoms with E-state index in [0.717, 1.165) is 19.5 Å². The maximum atomic E-state index is 4.43. The van der Waals surface area contributed by atoms with Crippen LogP contribution >= 0.6 is 0 Å². The first-order valence-corrected chi connectivity index (χ1v) is 7.47. The Morgan fingerprint density at radius 2 is 2.25 bits per heavy atom. The summed E-state index contributed by atoms with van der Waals surface area (Å²) in [5.41, 5.74) is 5.41. The number of aryl methyl sites for hydroxylation is 1. The van der Waals surface area contributed by atoms with Crippen LogP contribution in [0.3, 0.4) is 0 Å². The number of aromatic amines is 1. The summed E-state index contributed by atoms with van der Waals surface area (Å²) >= 11 is 0. The van der Waals surface area contributed by atoms with Gasteiger partial charge in [-0.3, -0.25) is 0 Å². The number of benzene rings is 1. The van der Waals surface area contributed by atoms with Crippen molar-refractivity contribution in [2.24, 2.45) is 0 Å². The van der Waals surface area contributed by atoms with Crippen LogP contribution in [0, 0.1) is 0 Å². The third kappa shape index (κ3) is 2.10. The highest BCUT2D eigenvalue weighted by molar-refractivity contribution is 5.55. The minimum atomic E-state index is 0.497. The maximum absolute atomic E-state index is 4.43. The molecule has 0 aliphatic carbocycles. The molecule has 2 N–H and O–H groups in total. The molecule has 2 aliphatic heterocycles. The molecular formula is C16H20N4. The quantitative estimate of drug-likeness (QED) is 0.874. The van der Waals surface area contributed by atoms with Gasteiger partial charge < -0.3 is 15.2 Å². The lowest BCUT2D eigenvalue weighted by atomic mass is 9.99. The third-order valence-corrected chi connectivity index (χ3v) is 4.46. The fourth-order valence-corrected chi connectivity index (χ4v) is 3.43. The van der Waals surface area contributed by atoms with Crippen LogP contribution in [0.25, 0.3) is 0 Å². The molecule has 0 amide bonds. The number of H-pyrrole nitrogens is 1. The number of para-hydroxylation sites is 1. The largest absolute Gasteiger partial charge is 0.370 e. The molecule has 4 nitrogen and oxygen atoms in total. The fraction of sp³-hybridized carbons (Fsp3) is 0.438. The van der Waals surface area contributed by atoms with Crippen molar-refractivity contribution in [2.45, 2.75) is 31.8 Å². The molecule has 4 heteroatoms. The molecule has 0 saturated heterocycles. The minimum absolute atomic E-state index is 0.497. The van der Waals surface area contributed by atoms with Crippen LogP contribution in [0.5, 0.6) is 0 Å². The van der Waals surface area contributed by atoms with Crippen molar-refractivity contribution in [3.05, 3.63) is 47.5 Å². The van der Waals surface area contributed by atoms with E-state index in [1.54, 1.807) is 0 Å². The van der Waals surface area contributed by atoms with Gasteiger partial charge in [0.15, 0.2) is 0 Å². The zero-order chi connectivity index (χ0) is 13.4. The molecule has 0 fully saturated rings. The summed E-state index contributed by atoms with van der Waals surface area (Å²) in [4.78, 5) is 10.2. The van der Waals surface area contributed by atoms with E-state index in [1.165, 1.54) is 42.0 Å². The van der Waals surface area contributed by atoms with Gasteiger partial charge in [0.2, 0.25) is 0 Å². The van der Waals surface area contributed by atoms with Crippen molar-refractivity contribution < 1.29 is 0 Å². The van der Waals surface area contributed by atoms with Gasteiger partial charge in [-0.15, -0.1) is 0 Å². The van der Waals surface area contributed by atoms with E-state index < -0.39 is 0 Å². The highest BCUT2D eigenvalue weighted by Gasteiger charge is 2.24. The number of hydrogen-bond donors (Lipinski definition) is 2. The Balaban J connectivity index is 1.51. The van der Waals surface area contributed by atoms with Gasteiger partial charge in [0.1, 0.15) is 0 Å². The van der Waals surface area contributed by atoms with E-state index in [9.17, 15) is 0 Å². The average Bonchev–Trinajstić information content (AvgIpc) is 2.95. The molecule has 0 radical (unpaired) electrons. The molecule has 104 valence electrons. The minimum Gasteiger partial charge on any atom is -0.370 e. The van der Waals surface area contributed by atoms with E-state index in [0.29, 0.717) is 6.04 Å². The number of anilines is 1. The van der Waals surface area contributed by atoms with Gasteiger partial charge >= 0.3 is 0 Å². The molecule has 4 rings (SSSR count). The van der Waals surface area contributed by atoms with Gasteiger partial charge in [0.25, 0.3) is 0 Å². The number of hydrogen-bond acceptors (Lipinski definition) is 3. The van der Waals surface area contributed by atoms with Crippen molar-refractivity contribution >= 4 is 5.69 Å². The SMILES string of the molecule is c1ccc2c(c1)CCCN2CC1Cc2nc[nH]c2CN1. The summed E-state index contributed by atoms with van der Waals surface area (Å²) in [6.45, 7) is 3.15. The summed E-state index contributed by atoms with van der Waals surface area (Å²) in [5.74, 6) is 0. The Kier molecular flexibility index (Phi) is 2.96. The second-order valence-corrected chi connectivity index (χ2v) is 5.79. The van der Waals surface area contributed by atoms with Crippen LogP contribution in [0.1, 0.15) is 23.4 Å². The zero-order valence-electron chi connectivity index (χ0n) is 11.6. The summed E-state index contributed by atoms with van der Waals surface area (Å²) in [6, 6.07) is 9.32. The number of aromatic nitrogens is 2. The highest BCUT2D eigenvalue weighted by Crippen LogP contribution is 2.27. The van der Waals surface area contributed by atoms with Crippen molar-refractivity contribution in [3.8, 4) is 0 Å². The molecule has 1 unspecified atom stereocenters. The molecule has 3 heterocycles. The van der Waals surface area contributed by atoms with Crippen molar-refractivity contribution in [1.29, 1.82) is 0 Å². The second kappa shape index (κ2) is 4.94. The van der Waals surface area contributed by atoms with E-state index >= 15 is 0 Å². The smallest absolute Gasteiger partial charge is 0.0925 e. The van der Waals surface area contributed by atoms with Crippen LogP contribution in [0.4, 0.5) is 5.69 Å². The van der Waals surface area contributed by atoms with E-state index in [4.69, 9.17) is 0 Å². The summed E-state index contributed by atoms with van der Waals surface area (Å²) in [5, 5.41) is 3.63. The zero-order valence-corrected chi connectivity index (χ0v) is 11.6. The molecule has 1 aromatic heterocycles. The van der Waals surface area contributed by atoms with Crippen LogP contribution in [-0.4, -0.2) is 29.1 Å². The van der Waals surface area contributed by atoms with Gasteiger partial charge in [0.05, 0.1) is 17.7 Å². The molecule has 20 heavy (non-hydrogen) atoms. The normalized spacial score (nSPS) is 21.4. The molecule has 2 aliphatic rings. The van der Waals surface area contributed by atoms with Crippen LogP contribution in [0.2, 0.25) is 0 Å². The molecule has 1 aromatic carbocycles. The van der Waals surface area contributed by atoms with Gasteiger partial charge in [-0.05, 0) is 24.5 Å². The summed E-state index contributed by atoms with van der Waals surface area (Å²) in [7, 11) is 0. The summed E-state index contributed by atoms with van der Waals surface area (Å²) < 4.78 is 0. The second-order valence-electron chi connectivity index (χ2n) is 5.79. The van der Waals surface area contributed by atoms with Crippen LogP contribution in [0.15, 0.2) is 30.6 Å². The first-order chi connectivity index (χ1) is 9.90. The molecule has 2 aromatic rings. The van der Waals surface area contributed by atoms with Crippen molar-refractivity contribution in [2.75, 3.05) is 18.0 Å². The van der Waals surface area contributed by atoms with Crippen LogP contribution < -0.4 is 10.2 Å². The average molecular weight is 268 g/mol. The van der Waals surface area contributed by atoms with Gasteiger partial charge in [-0.1, -0.05) is 18.2 Å². The highest BCUT2D eigenvalue weighted by atomic mass is 15.2. The van der Waals surface area contributed by atoms with Crippen LogP contribution in [-0.2, 0) is 19.4 Å². The van der Waals surface area contributed by atoms with E-state index in [2.05, 4.69) is 44.5 Å². The summed E-state index contributed by atoms with van der Waals surface area (Å²) in [6.07, 6.45) is 5.31. The van der Waals surface area contributed by atoms with Crippen molar-refractivity contribution in [1.82, 2.24) is 15.3 Å². The van der Waals surface area contributed by atoms with E-state index in [1.807, 2.05) is 6.33 Å². The Hall–Kier alpha value is -1.81. The Morgan fingerprint density at radius 3 is 3.25 bits per heavy atom. The first kappa shape index (κ1) is 12.0. The molecule has 0 bridgehead atoms. The van der Waals surface area contributed by atoms with Gasteiger partial charge in [-0.2, -0.15) is 0 Å². The van der Waals surface area contributed by atoms with Gasteiger partial charge in [0, 0.05) is 37.8 Å². The predicted octanol–water partition coefficient (Wildman–Crippen LogP) is 1.88. The Bertz CT molecular complexity index is 604. The Morgan fingerprint density at radius 1 is 1.30 bits per heavy atom. The van der Waals surface area contributed by atoms with Crippen molar-refractivity contribution in [3.63, 3.8) is 0 Å². The maximum Gasteiger partial charge on any atom is 0.0925 e. The molecule has 0 saturated carbocycles. The fourth-order valence-electron chi connectivity index (χ4n) is 3.43. The number of nitrogens with one attached hydrogen (secondary N) is 2. The Labute approximate surface area is 119 Å². The predicted molar refractivity (Wildman–Crippen MR) is 79.9 cm³/mol. The standard InChI is InChI=1S/C16H20N4/c1-2-6-16-12(4-1)5-3-7-20(16)10-13-8-14-15(9-17-13)19-11-18-14/h1-2,4,6,11,13,17H,3,5,7-10H2,(H,18,19). The monoisotopic (exact) mass is 268 g/mol. The molecule has 0 spiro atoms. The van der Waals surface area contributed by atoms with E-state index in [-0.39, 0.29) is 0 Å². The number of rotatable bonds is 2. The first-order valence-electron chi connectivity index (χ1n) is 7.47. The van der Waals surface area contributed by atoms with Gasteiger partial charge in [-0.25, -0.2) is 4.98 Å². The molecular weight excluding hydrogens is 248 g/mol. The third-order valence-electron chi connectivity index (χ3n) is 4.46. The lowest BCUT2D eigenvalue weighted by molar-refractivity contribution is 0.460. The lowest BCUT2D eigenvalue weighted by Crippen LogP contribution is -2.46. The lowest BCUT2D eigenvalue weighted by Gasteiger charge is -2.35. The topological polar surface area (TPSA) is 44.0 Å². The number of nitrogens with zero attached hydrogens (tertiary/aromatic N) is 2.